The lowest BCUT2D eigenvalue weighted by Crippen LogP contribution is -2.33. The fraction of sp³-hybridized carbons (Fsp3) is 0.571. The zero-order valence-corrected chi connectivity index (χ0v) is 14.6. The maximum absolute atomic E-state index is 12.8. The lowest BCUT2D eigenvalue weighted by molar-refractivity contribution is 0.411. The van der Waals surface area contributed by atoms with E-state index in [0.717, 1.165) is 12.8 Å². The van der Waals surface area contributed by atoms with Crippen LogP contribution < -0.4 is 10.5 Å². The molecule has 22 heavy (non-hydrogen) atoms. The predicted octanol–water partition coefficient (Wildman–Crippen LogP) is 2.13. The standard InChI is InChI=1S/C14H19ClN2O3S.ClH/c1-20-10-3-4-12(15)14(6-10)21(18,19)17-7-9-2-5-13(16)11(9)8-17;/h3-4,6,9,11,13H,2,5,7-8,16H2,1H3;1H. The molecular formula is C14H20Cl2N2O3S. The molecule has 3 unspecified atom stereocenters. The van der Waals surface area contributed by atoms with Gasteiger partial charge in [0.25, 0.3) is 0 Å². The highest BCUT2D eigenvalue weighted by Crippen LogP contribution is 2.40. The van der Waals surface area contributed by atoms with E-state index < -0.39 is 10.0 Å². The zero-order chi connectivity index (χ0) is 15.2. The largest absolute Gasteiger partial charge is 0.497 e. The first kappa shape index (κ1) is 17.8. The third kappa shape index (κ3) is 2.95. The molecule has 3 atom stereocenters. The number of ether oxygens (including phenoxy) is 1. The van der Waals surface area contributed by atoms with Gasteiger partial charge in [-0.25, -0.2) is 8.42 Å². The summed E-state index contributed by atoms with van der Waals surface area (Å²) in [4.78, 5) is 0.108. The van der Waals surface area contributed by atoms with E-state index in [9.17, 15) is 8.42 Å². The van der Waals surface area contributed by atoms with Crippen molar-refractivity contribution >= 4 is 34.0 Å². The molecule has 0 amide bonds. The Kier molecular flexibility index (Phi) is 5.29. The van der Waals surface area contributed by atoms with Crippen molar-refractivity contribution in [2.45, 2.75) is 23.8 Å². The molecule has 1 aliphatic heterocycles. The van der Waals surface area contributed by atoms with Crippen LogP contribution in [0.4, 0.5) is 0 Å². The minimum Gasteiger partial charge on any atom is -0.497 e. The molecule has 2 aliphatic rings. The molecule has 1 heterocycles. The van der Waals surface area contributed by atoms with E-state index in [4.69, 9.17) is 22.1 Å². The number of nitrogens with zero attached hydrogens (tertiary/aromatic N) is 1. The Morgan fingerprint density at radius 2 is 2.05 bits per heavy atom. The van der Waals surface area contributed by atoms with Gasteiger partial charge in [0.2, 0.25) is 10.0 Å². The summed E-state index contributed by atoms with van der Waals surface area (Å²) in [6.45, 7) is 1.02. The highest BCUT2D eigenvalue weighted by Gasteiger charge is 2.45. The molecule has 2 N–H and O–H groups in total. The Balaban J connectivity index is 0.00000176. The summed E-state index contributed by atoms with van der Waals surface area (Å²) in [5, 5.41) is 0.220. The minimum atomic E-state index is -3.60. The van der Waals surface area contributed by atoms with Gasteiger partial charge in [-0.2, -0.15) is 4.31 Å². The molecule has 1 aromatic rings. The van der Waals surface area contributed by atoms with E-state index in [0.29, 0.717) is 24.8 Å². The van der Waals surface area contributed by atoms with Crippen molar-refractivity contribution in [1.82, 2.24) is 4.31 Å². The number of methoxy groups -OCH3 is 1. The van der Waals surface area contributed by atoms with Crippen LogP contribution in [0.5, 0.6) is 5.75 Å². The van der Waals surface area contributed by atoms with Crippen molar-refractivity contribution in [2.24, 2.45) is 17.6 Å². The van der Waals surface area contributed by atoms with E-state index in [-0.39, 0.29) is 34.3 Å². The third-order valence-corrected chi connectivity index (χ3v) is 6.95. The molecule has 0 radical (unpaired) electrons. The number of hydrogen-bond acceptors (Lipinski definition) is 4. The van der Waals surface area contributed by atoms with Crippen molar-refractivity contribution in [3.05, 3.63) is 23.2 Å². The Bertz CT molecular complexity index is 653. The molecule has 0 bridgehead atoms. The van der Waals surface area contributed by atoms with Crippen LogP contribution in [-0.2, 0) is 10.0 Å². The van der Waals surface area contributed by atoms with Crippen LogP contribution in [-0.4, -0.2) is 39.0 Å². The van der Waals surface area contributed by atoms with Gasteiger partial charge in [0, 0.05) is 25.2 Å². The van der Waals surface area contributed by atoms with E-state index in [1.54, 1.807) is 12.1 Å². The topological polar surface area (TPSA) is 72.6 Å². The Morgan fingerprint density at radius 3 is 2.68 bits per heavy atom. The van der Waals surface area contributed by atoms with Gasteiger partial charge < -0.3 is 10.5 Å². The van der Waals surface area contributed by atoms with Crippen molar-refractivity contribution in [1.29, 1.82) is 0 Å². The molecule has 1 saturated heterocycles. The quantitative estimate of drug-likeness (QED) is 0.888. The number of hydrogen-bond donors (Lipinski definition) is 1. The van der Waals surface area contributed by atoms with Gasteiger partial charge in [0.15, 0.2) is 0 Å². The van der Waals surface area contributed by atoms with Crippen molar-refractivity contribution in [2.75, 3.05) is 20.2 Å². The van der Waals surface area contributed by atoms with Gasteiger partial charge in [0.1, 0.15) is 10.6 Å². The zero-order valence-electron chi connectivity index (χ0n) is 12.2. The number of benzene rings is 1. The Labute approximate surface area is 142 Å². The molecule has 1 aliphatic carbocycles. The van der Waals surface area contributed by atoms with E-state index >= 15 is 0 Å². The fourth-order valence-electron chi connectivity index (χ4n) is 3.41. The average Bonchev–Trinajstić information content (AvgIpc) is 3.02. The normalized spacial score (nSPS) is 28.2. The molecule has 1 saturated carbocycles. The fourth-order valence-corrected chi connectivity index (χ4v) is 5.43. The summed E-state index contributed by atoms with van der Waals surface area (Å²) in [5.74, 6) is 1.12. The van der Waals surface area contributed by atoms with Crippen LogP contribution in [0.25, 0.3) is 0 Å². The molecule has 3 rings (SSSR count). The van der Waals surface area contributed by atoms with Gasteiger partial charge in [-0.3, -0.25) is 0 Å². The van der Waals surface area contributed by atoms with Crippen LogP contribution in [0.3, 0.4) is 0 Å². The van der Waals surface area contributed by atoms with Crippen molar-refractivity contribution in [3.8, 4) is 5.75 Å². The lowest BCUT2D eigenvalue weighted by atomic mass is 9.98. The molecule has 0 spiro atoms. The van der Waals surface area contributed by atoms with Gasteiger partial charge in [-0.05, 0) is 36.8 Å². The molecule has 0 aromatic heterocycles. The average molecular weight is 367 g/mol. The SMILES string of the molecule is COc1ccc(Cl)c(S(=O)(=O)N2CC3CCC(N)C3C2)c1.Cl. The number of fused-ring (bicyclic) bond motifs is 1. The summed E-state index contributed by atoms with van der Waals surface area (Å²) in [6.07, 6.45) is 1.99. The smallest absolute Gasteiger partial charge is 0.244 e. The maximum atomic E-state index is 12.8. The van der Waals surface area contributed by atoms with Crippen molar-refractivity contribution < 1.29 is 13.2 Å². The van der Waals surface area contributed by atoms with E-state index in [1.165, 1.54) is 17.5 Å². The highest BCUT2D eigenvalue weighted by atomic mass is 35.5. The van der Waals surface area contributed by atoms with Crippen molar-refractivity contribution in [3.63, 3.8) is 0 Å². The van der Waals surface area contributed by atoms with Crippen LogP contribution in [0.1, 0.15) is 12.8 Å². The number of rotatable bonds is 3. The third-order valence-electron chi connectivity index (χ3n) is 4.64. The minimum absolute atomic E-state index is 0. The first-order valence-corrected chi connectivity index (χ1v) is 8.84. The first-order chi connectivity index (χ1) is 9.93. The lowest BCUT2D eigenvalue weighted by Gasteiger charge is -2.19. The Morgan fingerprint density at radius 1 is 1.32 bits per heavy atom. The van der Waals surface area contributed by atoms with E-state index in [1.807, 2.05) is 0 Å². The van der Waals surface area contributed by atoms with Crippen LogP contribution >= 0.6 is 24.0 Å². The van der Waals surface area contributed by atoms with Crippen LogP contribution in [0, 0.1) is 11.8 Å². The summed E-state index contributed by atoms with van der Waals surface area (Å²) in [7, 11) is -2.10. The van der Waals surface area contributed by atoms with Gasteiger partial charge in [-0.1, -0.05) is 11.6 Å². The molecule has 1 aromatic carbocycles. The Hall–Kier alpha value is -0.530. The molecule has 124 valence electrons. The molecule has 2 fully saturated rings. The number of sulfonamides is 1. The summed E-state index contributed by atoms with van der Waals surface area (Å²) in [5.41, 5.74) is 6.07. The molecule has 5 nitrogen and oxygen atoms in total. The second kappa shape index (κ2) is 6.53. The number of nitrogens with two attached hydrogens (primary N) is 1. The second-order valence-corrected chi connectivity index (χ2v) is 8.10. The summed E-state index contributed by atoms with van der Waals surface area (Å²) >= 11 is 6.08. The van der Waals surface area contributed by atoms with Gasteiger partial charge >= 0.3 is 0 Å². The van der Waals surface area contributed by atoms with E-state index in [2.05, 4.69) is 0 Å². The monoisotopic (exact) mass is 366 g/mol. The molecule has 8 heteroatoms. The van der Waals surface area contributed by atoms with Gasteiger partial charge in [0.05, 0.1) is 12.1 Å². The second-order valence-electron chi connectivity index (χ2n) is 5.78. The van der Waals surface area contributed by atoms with Gasteiger partial charge in [-0.15, -0.1) is 12.4 Å². The maximum Gasteiger partial charge on any atom is 0.244 e. The first-order valence-electron chi connectivity index (χ1n) is 7.02. The van der Waals surface area contributed by atoms with Crippen LogP contribution in [0.2, 0.25) is 5.02 Å². The number of halogens is 2. The summed E-state index contributed by atoms with van der Waals surface area (Å²) < 4.78 is 32.2. The molecular weight excluding hydrogens is 347 g/mol. The predicted molar refractivity (Wildman–Crippen MR) is 88.2 cm³/mol. The summed E-state index contributed by atoms with van der Waals surface area (Å²) in [6, 6.07) is 4.79. The highest BCUT2D eigenvalue weighted by molar-refractivity contribution is 7.89. The van der Waals surface area contributed by atoms with Crippen LogP contribution in [0.15, 0.2) is 23.1 Å².